The second kappa shape index (κ2) is 8.94. The number of ether oxygens (including phenoxy) is 1. The smallest absolute Gasteiger partial charge is 0.295 e. The maximum atomic E-state index is 12.7. The molecule has 1 aliphatic rings. The number of hydrogen-bond acceptors (Lipinski definition) is 9. The highest BCUT2D eigenvalue weighted by Crippen LogP contribution is 2.29. The Kier molecular flexibility index (Phi) is 6.34. The Hall–Kier alpha value is -3.42. The number of morpholine rings is 1. The standard InChI is InChI=1S/C17H17N5O7S/c23-21(24)14-3-1-13(2-4-14)12-18-19-16-6-5-15(11-17(16)22(25)26)30(27,28)20-7-9-29-10-8-20/h1-6,11-12,19H,7-10H2/b18-12+. The Morgan fingerprint density at radius 3 is 2.30 bits per heavy atom. The Morgan fingerprint density at radius 1 is 1.03 bits per heavy atom. The van der Waals surface area contributed by atoms with Crippen LogP contribution in [0.5, 0.6) is 0 Å². The number of nitrogens with zero attached hydrogens (tertiary/aromatic N) is 4. The van der Waals surface area contributed by atoms with Gasteiger partial charge in [0.1, 0.15) is 5.69 Å². The predicted molar refractivity (Wildman–Crippen MR) is 107 cm³/mol. The Morgan fingerprint density at radius 2 is 1.70 bits per heavy atom. The van der Waals surface area contributed by atoms with Gasteiger partial charge in [0, 0.05) is 31.3 Å². The van der Waals surface area contributed by atoms with Crippen molar-refractivity contribution in [3.8, 4) is 0 Å². The lowest BCUT2D eigenvalue weighted by atomic mass is 10.2. The van der Waals surface area contributed by atoms with Crippen molar-refractivity contribution in [1.29, 1.82) is 0 Å². The molecule has 3 rings (SSSR count). The molecule has 30 heavy (non-hydrogen) atoms. The summed E-state index contributed by atoms with van der Waals surface area (Å²) in [5, 5.41) is 26.0. The zero-order valence-corrected chi connectivity index (χ0v) is 16.3. The van der Waals surface area contributed by atoms with Gasteiger partial charge in [-0.15, -0.1) is 0 Å². The van der Waals surface area contributed by atoms with Crippen LogP contribution in [0.15, 0.2) is 52.5 Å². The quantitative estimate of drug-likeness (QED) is 0.393. The molecule has 1 aliphatic heterocycles. The average molecular weight is 435 g/mol. The topological polar surface area (TPSA) is 157 Å². The van der Waals surface area contributed by atoms with Gasteiger partial charge in [-0.1, -0.05) is 0 Å². The van der Waals surface area contributed by atoms with E-state index in [0.717, 1.165) is 6.07 Å². The van der Waals surface area contributed by atoms with Crippen molar-refractivity contribution in [2.24, 2.45) is 5.10 Å². The summed E-state index contributed by atoms with van der Waals surface area (Å²) in [6.07, 6.45) is 1.33. The minimum atomic E-state index is -3.88. The van der Waals surface area contributed by atoms with E-state index in [2.05, 4.69) is 10.5 Å². The molecule has 0 bridgehead atoms. The molecule has 2 aromatic rings. The number of nitro benzene ring substituents is 2. The molecule has 2 aromatic carbocycles. The predicted octanol–water partition coefficient (Wildman–Crippen LogP) is 1.97. The third-order valence-corrected chi connectivity index (χ3v) is 6.17. The van der Waals surface area contributed by atoms with Crippen molar-refractivity contribution in [2.75, 3.05) is 31.7 Å². The van der Waals surface area contributed by atoms with Crippen molar-refractivity contribution in [3.63, 3.8) is 0 Å². The van der Waals surface area contributed by atoms with Gasteiger partial charge in [-0.3, -0.25) is 25.7 Å². The molecule has 158 valence electrons. The van der Waals surface area contributed by atoms with Gasteiger partial charge in [0.2, 0.25) is 10.0 Å². The molecule has 0 amide bonds. The van der Waals surface area contributed by atoms with Gasteiger partial charge in [0.15, 0.2) is 0 Å². The van der Waals surface area contributed by atoms with Crippen LogP contribution in [0.1, 0.15) is 5.56 Å². The number of hydrogen-bond donors (Lipinski definition) is 1. The minimum Gasteiger partial charge on any atom is -0.379 e. The Bertz CT molecular complexity index is 1080. The number of hydrazone groups is 1. The molecule has 1 fully saturated rings. The first-order chi connectivity index (χ1) is 14.3. The maximum Gasteiger partial charge on any atom is 0.295 e. The molecular weight excluding hydrogens is 418 g/mol. The maximum absolute atomic E-state index is 12.7. The van der Waals surface area contributed by atoms with Crippen LogP contribution in [0.25, 0.3) is 0 Å². The average Bonchev–Trinajstić information content (AvgIpc) is 2.74. The summed E-state index contributed by atoms with van der Waals surface area (Å²) in [6, 6.07) is 9.05. The Labute approximate surface area is 171 Å². The zero-order valence-electron chi connectivity index (χ0n) is 15.5. The number of benzene rings is 2. The molecule has 0 aromatic heterocycles. The van der Waals surface area contributed by atoms with Crippen LogP contribution in [0.3, 0.4) is 0 Å². The summed E-state index contributed by atoms with van der Waals surface area (Å²) < 4.78 is 31.8. The summed E-state index contributed by atoms with van der Waals surface area (Å²) in [6.45, 7) is 0.877. The van der Waals surface area contributed by atoms with Crippen LogP contribution in [0.2, 0.25) is 0 Å². The van der Waals surface area contributed by atoms with Crippen LogP contribution in [-0.4, -0.2) is 55.1 Å². The van der Waals surface area contributed by atoms with Crippen LogP contribution in [0, 0.1) is 20.2 Å². The van der Waals surface area contributed by atoms with Crippen LogP contribution >= 0.6 is 0 Å². The largest absolute Gasteiger partial charge is 0.379 e. The summed E-state index contributed by atoms with van der Waals surface area (Å²) >= 11 is 0. The van der Waals surface area contributed by atoms with Crippen LogP contribution < -0.4 is 5.43 Å². The van der Waals surface area contributed by atoms with Crippen LogP contribution in [0.4, 0.5) is 17.1 Å². The van der Waals surface area contributed by atoms with Gasteiger partial charge < -0.3 is 4.74 Å². The molecule has 12 nitrogen and oxygen atoms in total. The van der Waals surface area contributed by atoms with Crippen molar-refractivity contribution >= 4 is 33.3 Å². The highest BCUT2D eigenvalue weighted by molar-refractivity contribution is 7.89. The fraction of sp³-hybridized carbons (Fsp3) is 0.235. The van der Waals surface area contributed by atoms with Gasteiger partial charge in [0.05, 0.1) is 34.2 Å². The molecular formula is C17H17N5O7S. The van der Waals surface area contributed by atoms with Crippen molar-refractivity contribution in [2.45, 2.75) is 4.90 Å². The highest BCUT2D eigenvalue weighted by atomic mass is 32.2. The lowest BCUT2D eigenvalue weighted by Gasteiger charge is -2.26. The lowest BCUT2D eigenvalue weighted by Crippen LogP contribution is -2.40. The molecule has 13 heteroatoms. The molecule has 0 saturated carbocycles. The minimum absolute atomic E-state index is 0.000843. The Balaban J connectivity index is 1.80. The summed E-state index contributed by atoms with van der Waals surface area (Å²) in [7, 11) is -3.88. The van der Waals surface area contributed by atoms with Gasteiger partial charge in [-0.2, -0.15) is 9.41 Å². The number of rotatable bonds is 7. The van der Waals surface area contributed by atoms with Gasteiger partial charge in [-0.25, -0.2) is 8.42 Å². The van der Waals surface area contributed by atoms with E-state index in [9.17, 15) is 28.6 Å². The number of sulfonamides is 1. The number of nitrogens with one attached hydrogen (secondary N) is 1. The lowest BCUT2D eigenvalue weighted by molar-refractivity contribution is -0.384. The summed E-state index contributed by atoms with van der Waals surface area (Å²) in [4.78, 5) is 20.7. The molecule has 1 heterocycles. The third kappa shape index (κ3) is 4.76. The van der Waals surface area contributed by atoms with Crippen LogP contribution in [-0.2, 0) is 14.8 Å². The summed E-state index contributed by atoms with van der Waals surface area (Å²) in [5.41, 5.74) is 2.50. The second-order valence-corrected chi connectivity index (χ2v) is 8.11. The van der Waals surface area contributed by atoms with E-state index in [1.165, 1.54) is 46.9 Å². The van der Waals surface area contributed by atoms with E-state index in [4.69, 9.17) is 4.74 Å². The van der Waals surface area contributed by atoms with Crippen molar-refractivity contribution in [1.82, 2.24) is 4.31 Å². The number of nitro groups is 2. The monoisotopic (exact) mass is 435 g/mol. The van der Waals surface area contributed by atoms with E-state index in [1.54, 1.807) is 0 Å². The first-order valence-corrected chi connectivity index (χ1v) is 10.1. The van der Waals surface area contributed by atoms with Crippen molar-refractivity contribution < 1.29 is 23.0 Å². The molecule has 0 radical (unpaired) electrons. The summed E-state index contributed by atoms with van der Waals surface area (Å²) in [5.74, 6) is 0. The van der Waals surface area contributed by atoms with Crippen molar-refractivity contribution in [3.05, 3.63) is 68.3 Å². The molecule has 0 unspecified atom stereocenters. The molecule has 1 N–H and O–H groups in total. The first kappa shape index (κ1) is 21.3. The van der Waals surface area contributed by atoms with E-state index < -0.39 is 25.6 Å². The van der Waals surface area contributed by atoms with Gasteiger partial charge >= 0.3 is 0 Å². The molecule has 0 spiro atoms. The normalized spacial score (nSPS) is 15.2. The van der Waals surface area contributed by atoms with Gasteiger partial charge in [-0.05, 0) is 29.8 Å². The number of non-ortho nitro benzene ring substituents is 1. The SMILES string of the molecule is O=[N+]([O-])c1ccc(/C=N/Nc2ccc(S(=O)(=O)N3CCOCC3)cc2[N+](=O)[O-])cc1. The fourth-order valence-corrected chi connectivity index (χ4v) is 4.14. The second-order valence-electron chi connectivity index (χ2n) is 6.17. The fourth-order valence-electron chi connectivity index (χ4n) is 2.71. The molecule has 0 atom stereocenters. The van der Waals surface area contributed by atoms with Gasteiger partial charge in [0.25, 0.3) is 11.4 Å². The van der Waals surface area contributed by atoms with E-state index in [1.807, 2.05) is 0 Å². The van der Waals surface area contributed by atoms with E-state index in [-0.39, 0.29) is 42.6 Å². The molecule has 1 saturated heterocycles. The molecule has 0 aliphatic carbocycles. The third-order valence-electron chi connectivity index (χ3n) is 4.28. The highest BCUT2D eigenvalue weighted by Gasteiger charge is 2.28. The first-order valence-electron chi connectivity index (χ1n) is 8.69. The van der Waals surface area contributed by atoms with E-state index in [0.29, 0.717) is 5.56 Å². The zero-order chi connectivity index (χ0) is 21.7. The van der Waals surface area contributed by atoms with E-state index >= 15 is 0 Å². The number of anilines is 1.